The molecule has 1 aliphatic rings. The van der Waals surface area contributed by atoms with Gasteiger partial charge in [0.25, 0.3) is 0 Å². The Bertz CT molecular complexity index is 329. The Morgan fingerprint density at radius 1 is 1.59 bits per heavy atom. The second kappa shape index (κ2) is 5.65. The minimum atomic E-state index is -1.04. The first-order valence-corrected chi connectivity index (χ1v) is 5.78. The molecule has 3 N–H and O–H groups in total. The summed E-state index contributed by atoms with van der Waals surface area (Å²) in [6.45, 7) is 3.64. The number of nitrogens with one attached hydrogen (secondary N) is 2. The van der Waals surface area contributed by atoms with Crippen LogP contribution in [0.25, 0.3) is 0 Å². The van der Waals surface area contributed by atoms with Crippen LogP contribution in [0.5, 0.6) is 0 Å². The molecule has 0 spiro atoms. The molecule has 0 aromatic rings. The van der Waals surface area contributed by atoms with Crippen molar-refractivity contribution in [2.24, 2.45) is 5.92 Å². The van der Waals surface area contributed by atoms with Crippen molar-refractivity contribution in [1.82, 2.24) is 10.6 Å². The summed E-state index contributed by atoms with van der Waals surface area (Å²) in [5.74, 6) is -1.77. The molecular weight excluding hydrogens is 224 g/mol. The van der Waals surface area contributed by atoms with Gasteiger partial charge in [0.1, 0.15) is 12.1 Å². The number of carbonyl (C=O) groups excluding carboxylic acids is 2. The zero-order chi connectivity index (χ0) is 13.0. The molecule has 6 heteroatoms. The third-order valence-corrected chi connectivity index (χ3v) is 3.09. The van der Waals surface area contributed by atoms with Gasteiger partial charge < -0.3 is 15.7 Å². The fraction of sp³-hybridized carbons (Fsp3) is 0.727. The summed E-state index contributed by atoms with van der Waals surface area (Å²) in [6.07, 6.45) is 1.41. The lowest BCUT2D eigenvalue weighted by molar-refractivity contribution is -0.143. The molecule has 1 aliphatic heterocycles. The Labute approximate surface area is 99.8 Å². The number of rotatable bonds is 5. The second-order valence-corrected chi connectivity index (χ2v) is 4.37. The predicted molar refractivity (Wildman–Crippen MR) is 60.2 cm³/mol. The Balaban J connectivity index is 2.58. The van der Waals surface area contributed by atoms with E-state index in [4.69, 9.17) is 5.11 Å². The molecule has 96 valence electrons. The van der Waals surface area contributed by atoms with E-state index >= 15 is 0 Å². The van der Waals surface area contributed by atoms with Crippen LogP contribution < -0.4 is 10.6 Å². The van der Waals surface area contributed by atoms with Crippen LogP contribution in [0.15, 0.2) is 0 Å². The Morgan fingerprint density at radius 2 is 2.24 bits per heavy atom. The summed E-state index contributed by atoms with van der Waals surface area (Å²) in [5.41, 5.74) is 0. The first-order chi connectivity index (χ1) is 7.95. The van der Waals surface area contributed by atoms with E-state index in [1.807, 2.05) is 6.92 Å². The molecule has 0 saturated carbocycles. The van der Waals surface area contributed by atoms with Crippen molar-refractivity contribution in [2.45, 2.75) is 45.2 Å². The van der Waals surface area contributed by atoms with Crippen LogP contribution in [-0.4, -0.2) is 35.0 Å². The summed E-state index contributed by atoms with van der Waals surface area (Å²) in [7, 11) is 0. The molecule has 1 fully saturated rings. The third-order valence-electron chi connectivity index (χ3n) is 3.09. The highest BCUT2D eigenvalue weighted by Crippen LogP contribution is 2.11. The first-order valence-electron chi connectivity index (χ1n) is 5.78. The lowest BCUT2D eigenvalue weighted by Crippen LogP contribution is -2.51. The predicted octanol–water partition coefficient (Wildman–Crippen LogP) is -0.119. The first kappa shape index (κ1) is 13.5. The van der Waals surface area contributed by atoms with Crippen LogP contribution in [-0.2, 0) is 14.4 Å². The van der Waals surface area contributed by atoms with E-state index in [0.717, 1.165) is 0 Å². The molecule has 0 bridgehead atoms. The van der Waals surface area contributed by atoms with Gasteiger partial charge in [0, 0.05) is 6.42 Å². The maximum absolute atomic E-state index is 11.7. The highest BCUT2D eigenvalue weighted by molar-refractivity contribution is 5.92. The van der Waals surface area contributed by atoms with E-state index in [1.54, 1.807) is 6.92 Å². The number of carboxylic acids is 1. The summed E-state index contributed by atoms with van der Waals surface area (Å²) in [5, 5.41) is 14.0. The van der Waals surface area contributed by atoms with Crippen molar-refractivity contribution in [2.75, 3.05) is 0 Å². The number of carbonyl (C=O) groups is 3. The molecule has 1 heterocycles. The quantitative estimate of drug-likeness (QED) is 0.626. The maximum Gasteiger partial charge on any atom is 0.326 e. The average molecular weight is 242 g/mol. The standard InChI is InChI=1S/C11H18N2O4/c1-3-6(2)9(11(16)17)13-10(15)7-4-5-8(14)12-7/h6-7,9H,3-5H2,1-2H3,(H,12,14)(H,13,15)(H,16,17)/t6-,7+,9+/m1/s1. The molecule has 0 unspecified atom stereocenters. The van der Waals surface area contributed by atoms with Crippen LogP contribution in [0.3, 0.4) is 0 Å². The molecule has 2 amide bonds. The van der Waals surface area contributed by atoms with E-state index in [9.17, 15) is 14.4 Å². The zero-order valence-electron chi connectivity index (χ0n) is 10.0. The van der Waals surface area contributed by atoms with Crippen LogP contribution in [0.4, 0.5) is 0 Å². The SMILES string of the molecule is CC[C@@H](C)[C@H](NC(=O)[C@@H]1CCC(=O)N1)C(=O)O. The Kier molecular flexibility index (Phi) is 4.48. The topological polar surface area (TPSA) is 95.5 Å². The maximum atomic E-state index is 11.7. The van der Waals surface area contributed by atoms with Crippen molar-refractivity contribution >= 4 is 17.8 Å². The highest BCUT2D eigenvalue weighted by Gasteiger charge is 2.32. The van der Waals surface area contributed by atoms with Crippen molar-refractivity contribution in [3.8, 4) is 0 Å². The number of hydrogen-bond donors (Lipinski definition) is 3. The molecule has 6 nitrogen and oxygen atoms in total. The monoisotopic (exact) mass is 242 g/mol. The van der Waals surface area contributed by atoms with E-state index in [1.165, 1.54) is 0 Å². The molecule has 0 aliphatic carbocycles. The van der Waals surface area contributed by atoms with Crippen molar-refractivity contribution in [3.63, 3.8) is 0 Å². The van der Waals surface area contributed by atoms with Gasteiger partial charge in [-0.25, -0.2) is 4.79 Å². The largest absolute Gasteiger partial charge is 0.480 e. The molecular formula is C11H18N2O4. The fourth-order valence-electron chi connectivity index (χ4n) is 1.75. The van der Waals surface area contributed by atoms with Gasteiger partial charge in [0.05, 0.1) is 0 Å². The molecule has 3 atom stereocenters. The summed E-state index contributed by atoms with van der Waals surface area (Å²) < 4.78 is 0. The Hall–Kier alpha value is -1.59. The van der Waals surface area contributed by atoms with Gasteiger partial charge in [-0.3, -0.25) is 9.59 Å². The fourth-order valence-corrected chi connectivity index (χ4v) is 1.75. The summed E-state index contributed by atoms with van der Waals surface area (Å²) >= 11 is 0. The normalized spacial score (nSPS) is 22.7. The van der Waals surface area contributed by atoms with Crippen molar-refractivity contribution in [1.29, 1.82) is 0 Å². The lowest BCUT2D eigenvalue weighted by atomic mass is 9.99. The number of carboxylic acid groups (broad SMARTS) is 1. The van der Waals surface area contributed by atoms with Crippen molar-refractivity contribution in [3.05, 3.63) is 0 Å². The average Bonchev–Trinajstić information content (AvgIpc) is 2.71. The third kappa shape index (κ3) is 3.44. The smallest absolute Gasteiger partial charge is 0.326 e. The molecule has 0 aromatic carbocycles. The van der Waals surface area contributed by atoms with Crippen LogP contribution in [0, 0.1) is 5.92 Å². The van der Waals surface area contributed by atoms with E-state index < -0.39 is 24.0 Å². The summed E-state index contributed by atoms with van der Waals surface area (Å²) in [6, 6.07) is -1.49. The minimum Gasteiger partial charge on any atom is -0.480 e. The van der Waals surface area contributed by atoms with Crippen LogP contribution in [0.2, 0.25) is 0 Å². The number of aliphatic carboxylic acids is 1. The lowest BCUT2D eigenvalue weighted by Gasteiger charge is -2.21. The zero-order valence-corrected chi connectivity index (χ0v) is 10.0. The van der Waals surface area contributed by atoms with Gasteiger partial charge >= 0.3 is 5.97 Å². The van der Waals surface area contributed by atoms with Gasteiger partial charge in [-0.2, -0.15) is 0 Å². The molecule has 1 saturated heterocycles. The van der Waals surface area contributed by atoms with Gasteiger partial charge in [0.2, 0.25) is 11.8 Å². The molecule has 0 aromatic heterocycles. The van der Waals surface area contributed by atoms with Gasteiger partial charge in [-0.15, -0.1) is 0 Å². The summed E-state index contributed by atoms with van der Waals surface area (Å²) in [4.78, 5) is 33.7. The van der Waals surface area contributed by atoms with Gasteiger partial charge in [-0.05, 0) is 12.3 Å². The van der Waals surface area contributed by atoms with Gasteiger partial charge in [-0.1, -0.05) is 20.3 Å². The number of amides is 2. The van der Waals surface area contributed by atoms with E-state index in [2.05, 4.69) is 10.6 Å². The minimum absolute atomic E-state index is 0.145. The van der Waals surface area contributed by atoms with Crippen molar-refractivity contribution < 1.29 is 19.5 Å². The van der Waals surface area contributed by atoms with Gasteiger partial charge in [0.15, 0.2) is 0 Å². The second-order valence-electron chi connectivity index (χ2n) is 4.37. The number of hydrogen-bond acceptors (Lipinski definition) is 3. The van der Waals surface area contributed by atoms with E-state index in [0.29, 0.717) is 19.3 Å². The Morgan fingerprint density at radius 3 is 2.65 bits per heavy atom. The molecule has 1 rings (SSSR count). The molecule has 0 radical (unpaired) electrons. The van der Waals surface area contributed by atoms with Crippen LogP contribution in [0.1, 0.15) is 33.1 Å². The highest BCUT2D eigenvalue weighted by atomic mass is 16.4. The molecule has 17 heavy (non-hydrogen) atoms. The van der Waals surface area contributed by atoms with E-state index in [-0.39, 0.29) is 11.8 Å². The van der Waals surface area contributed by atoms with Crippen LogP contribution >= 0.6 is 0 Å².